The van der Waals surface area contributed by atoms with Gasteiger partial charge in [0.15, 0.2) is 0 Å². The Bertz CT molecular complexity index is 486. The zero-order valence-corrected chi connectivity index (χ0v) is 12.6. The first-order chi connectivity index (χ1) is 10.0. The molecule has 1 fully saturated rings. The SMILES string of the molecule is CN(CCC(=O)Nc1ccc(F)c(N)c1)CC1CCCC1. The molecule has 1 saturated carbocycles. The molecule has 0 saturated heterocycles. The monoisotopic (exact) mass is 293 g/mol. The fourth-order valence-electron chi connectivity index (χ4n) is 2.86. The van der Waals surface area contributed by atoms with Crippen molar-refractivity contribution < 1.29 is 9.18 Å². The minimum absolute atomic E-state index is 0.0474. The van der Waals surface area contributed by atoms with Gasteiger partial charge in [0, 0.05) is 25.2 Å². The largest absolute Gasteiger partial charge is 0.396 e. The van der Waals surface area contributed by atoms with E-state index in [9.17, 15) is 9.18 Å². The fourth-order valence-corrected chi connectivity index (χ4v) is 2.86. The minimum Gasteiger partial charge on any atom is -0.396 e. The molecule has 5 heteroatoms. The number of nitrogen functional groups attached to an aromatic ring is 1. The number of nitrogens with two attached hydrogens (primary N) is 1. The van der Waals surface area contributed by atoms with Gasteiger partial charge < -0.3 is 16.0 Å². The molecule has 0 heterocycles. The molecule has 4 nitrogen and oxygen atoms in total. The summed E-state index contributed by atoms with van der Waals surface area (Å²) in [6.45, 7) is 1.80. The summed E-state index contributed by atoms with van der Waals surface area (Å²) in [6, 6.07) is 4.22. The van der Waals surface area contributed by atoms with Crippen molar-refractivity contribution in [2.45, 2.75) is 32.1 Å². The van der Waals surface area contributed by atoms with Gasteiger partial charge in [0.2, 0.25) is 5.91 Å². The second kappa shape index (κ2) is 7.41. The lowest BCUT2D eigenvalue weighted by atomic mass is 10.1. The lowest BCUT2D eigenvalue weighted by Gasteiger charge is -2.20. The molecule has 116 valence electrons. The van der Waals surface area contributed by atoms with Crippen molar-refractivity contribution >= 4 is 17.3 Å². The predicted molar refractivity (Wildman–Crippen MR) is 83.5 cm³/mol. The number of amides is 1. The van der Waals surface area contributed by atoms with Crippen molar-refractivity contribution in [3.63, 3.8) is 0 Å². The Balaban J connectivity index is 1.72. The first-order valence-electron chi connectivity index (χ1n) is 7.58. The molecule has 21 heavy (non-hydrogen) atoms. The van der Waals surface area contributed by atoms with E-state index in [2.05, 4.69) is 17.3 Å². The number of hydrogen-bond donors (Lipinski definition) is 2. The molecular weight excluding hydrogens is 269 g/mol. The van der Waals surface area contributed by atoms with Crippen LogP contribution in [0.4, 0.5) is 15.8 Å². The van der Waals surface area contributed by atoms with E-state index in [0.717, 1.165) is 19.0 Å². The Morgan fingerprint density at radius 2 is 2.14 bits per heavy atom. The topological polar surface area (TPSA) is 58.4 Å². The van der Waals surface area contributed by atoms with Gasteiger partial charge in [-0.15, -0.1) is 0 Å². The summed E-state index contributed by atoms with van der Waals surface area (Å²) in [5, 5.41) is 2.75. The highest BCUT2D eigenvalue weighted by Crippen LogP contribution is 2.25. The van der Waals surface area contributed by atoms with E-state index in [-0.39, 0.29) is 11.6 Å². The van der Waals surface area contributed by atoms with E-state index in [1.807, 2.05) is 0 Å². The summed E-state index contributed by atoms with van der Waals surface area (Å²) in [5.41, 5.74) is 6.06. The van der Waals surface area contributed by atoms with Gasteiger partial charge in [-0.05, 0) is 44.0 Å². The Morgan fingerprint density at radius 1 is 1.43 bits per heavy atom. The van der Waals surface area contributed by atoms with Crippen molar-refractivity contribution in [2.24, 2.45) is 5.92 Å². The smallest absolute Gasteiger partial charge is 0.225 e. The summed E-state index contributed by atoms with van der Waals surface area (Å²) < 4.78 is 13.0. The lowest BCUT2D eigenvalue weighted by Crippen LogP contribution is -2.28. The molecule has 0 atom stereocenters. The number of halogens is 1. The average Bonchev–Trinajstić information content (AvgIpc) is 2.93. The van der Waals surface area contributed by atoms with Crippen LogP contribution in [0.2, 0.25) is 0 Å². The third kappa shape index (κ3) is 5.01. The Labute approximate surface area is 125 Å². The molecule has 1 aromatic carbocycles. The van der Waals surface area contributed by atoms with E-state index in [4.69, 9.17) is 5.73 Å². The maximum atomic E-state index is 13.0. The molecule has 0 bridgehead atoms. The van der Waals surface area contributed by atoms with E-state index >= 15 is 0 Å². The van der Waals surface area contributed by atoms with Crippen LogP contribution >= 0.6 is 0 Å². The maximum absolute atomic E-state index is 13.0. The van der Waals surface area contributed by atoms with Crippen LogP contribution < -0.4 is 11.1 Å². The zero-order chi connectivity index (χ0) is 15.2. The van der Waals surface area contributed by atoms with Gasteiger partial charge >= 0.3 is 0 Å². The summed E-state index contributed by atoms with van der Waals surface area (Å²) in [4.78, 5) is 14.1. The van der Waals surface area contributed by atoms with Crippen LogP contribution in [0, 0.1) is 11.7 Å². The molecular formula is C16H24FN3O. The van der Waals surface area contributed by atoms with Crippen LogP contribution in [-0.4, -0.2) is 30.9 Å². The van der Waals surface area contributed by atoms with Crippen LogP contribution in [0.5, 0.6) is 0 Å². The van der Waals surface area contributed by atoms with Crippen LogP contribution in [0.25, 0.3) is 0 Å². The molecule has 0 aliphatic heterocycles. The Hall–Kier alpha value is -1.62. The minimum atomic E-state index is -0.468. The van der Waals surface area contributed by atoms with Gasteiger partial charge in [-0.3, -0.25) is 4.79 Å². The summed E-state index contributed by atoms with van der Waals surface area (Å²) in [5.74, 6) is 0.249. The number of carbonyl (C=O) groups excluding carboxylic acids is 1. The van der Waals surface area contributed by atoms with Gasteiger partial charge in [-0.1, -0.05) is 12.8 Å². The van der Waals surface area contributed by atoms with Crippen LogP contribution in [-0.2, 0) is 4.79 Å². The molecule has 1 amide bonds. The first kappa shape index (κ1) is 15.8. The second-order valence-corrected chi connectivity index (χ2v) is 5.95. The van der Waals surface area contributed by atoms with Crippen molar-refractivity contribution in [3.05, 3.63) is 24.0 Å². The second-order valence-electron chi connectivity index (χ2n) is 5.95. The number of rotatable bonds is 6. The predicted octanol–water partition coefficient (Wildman–Crippen LogP) is 2.86. The average molecular weight is 293 g/mol. The molecule has 1 aliphatic rings. The van der Waals surface area contributed by atoms with Gasteiger partial charge in [0.05, 0.1) is 5.69 Å². The van der Waals surface area contributed by atoms with Crippen molar-refractivity contribution in [3.8, 4) is 0 Å². The highest BCUT2D eigenvalue weighted by molar-refractivity contribution is 5.91. The van der Waals surface area contributed by atoms with E-state index in [0.29, 0.717) is 12.1 Å². The first-order valence-corrected chi connectivity index (χ1v) is 7.58. The number of nitrogens with one attached hydrogen (secondary N) is 1. The van der Waals surface area contributed by atoms with Gasteiger partial charge in [0.1, 0.15) is 5.82 Å². The third-order valence-electron chi connectivity index (χ3n) is 4.04. The number of hydrogen-bond acceptors (Lipinski definition) is 3. The Kier molecular flexibility index (Phi) is 5.56. The lowest BCUT2D eigenvalue weighted by molar-refractivity contribution is -0.116. The van der Waals surface area contributed by atoms with E-state index < -0.39 is 5.82 Å². The van der Waals surface area contributed by atoms with E-state index in [1.54, 1.807) is 0 Å². The molecule has 0 radical (unpaired) electrons. The number of carbonyl (C=O) groups is 1. The highest BCUT2D eigenvalue weighted by Gasteiger charge is 2.17. The standard InChI is InChI=1S/C16H24FN3O/c1-20(11-12-4-2-3-5-12)9-8-16(21)19-13-6-7-14(17)15(18)10-13/h6-7,10,12H,2-5,8-9,11,18H2,1H3,(H,19,21). The summed E-state index contributed by atoms with van der Waals surface area (Å²) in [7, 11) is 2.06. The van der Waals surface area contributed by atoms with Crippen LogP contribution in [0.15, 0.2) is 18.2 Å². The van der Waals surface area contributed by atoms with Gasteiger partial charge in [-0.25, -0.2) is 4.39 Å². The number of nitrogens with zero attached hydrogens (tertiary/aromatic N) is 1. The third-order valence-corrected chi connectivity index (χ3v) is 4.04. The highest BCUT2D eigenvalue weighted by atomic mass is 19.1. The molecule has 0 aromatic heterocycles. The molecule has 0 spiro atoms. The normalized spacial score (nSPS) is 15.6. The molecule has 2 rings (SSSR count). The Morgan fingerprint density at radius 3 is 2.81 bits per heavy atom. The van der Waals surface area contributed by atoms with Crippen molar-refractivity contribution in [1.29, 1.82) is 0 Å². The molecule has 1 aliphatic carbocycles. The summed E-state index contributed by atoms with van der Waals surface area (Å²) >= 11 is 0. The van der Waals surface area contributed by atoms with Crippen LogP contribution in [0.3, 0.4) is 0 Å². The summed E-state index contributed by atoms with van der Waals surface area (Å²) in [6.07, 6.45) is 5.73. The zero-order valence-electron chi connectivity index (χ0n) is 12.6. The van der Waals surface area contributed by atoms with Gasteiger partial charge in [-0.2, -0.15) is 0 Å². The molecule has 1 aromatic rings. The maximum Gasteiger partial charge on any atom is 0.225 e. The molecule has 0 unspecified atom stereocenters. The quantitative estimate of drug-likeness (QED) is 0.793. The van der Waals surface area contributed by atoms with E-state index in [1.165, 1.54) is 43.9 Å². The van der Waals surface area contributed by atoms with Crippen molar-refractivity contribution in [2.75, 3.05) is 31.2 Å². The fraction of sp³-hybridized carbons (Fsp3) is 0.562. The van der Waals surface area contributed by atoms with Gasteiger partial charge in [0.25, 0.3) is 0 Å². The number of anilines is 2. The van der Waals surface area contributed by atoms with Crippen molar-refractivity contribution in [1.82, 2.24) is 4.90 Å². The number of benzene rings is 1. The molecule has 3 N–H and O–H groups in total. The van der Waals surface area contributed by atoms with Crippen LogP contribution in [0.1, 0.15) is 32.1 Å².